The maximum Gasteiger partial charge on any atom is 0.231 e. The van der Waals surface area contributed by atoms with Gasteiger partial charge in [0.2, 0.25) is 5.91 Å². The molecule has 0 unspecified atom stereocenters. The van der Waals surface area contributed by atoms with Gasteiger partial charge >= 0.3 is 0 Å². The topological polar surface area (TPSA) is 46.3 Å². The Morgan fingerprint density at radius 2 is 1.80 bits per heavy atom. The van der Waals surface area contributed by atoms with Gasteiger partial charge in [-0.1, -0.05) is 30.3 Å². The van der Waals surface area contributed by atoms with Crippen molar-refractivity contribution in [3.63, 3.8) is 0 Å². The van der Waals surface area contributed by atoms with Gasteiger partial charge in [0.15, 0.2) is 0 Å². The Labute approximate surface area is 117 Å². The number of para-hydroxylation sites is 2. The van der Waals surface area contributed by atoms with Gasteiger partial charge in [-0.05, 0) is 30.7 Å². The average Bonchev–Trinajstić information content (AvgIpc) is 2.44. The Balaban J connectivity index is 2.23. The summed E-state index contributed by atoms with van der Waals surface area (Å²) < 4.78 is 13.8. The van der Waals surface area contributed by atoms with Crippen LogP contribution < -0.4 is 10.6 Å². The van der Waals surface area contributed by atoms with Crippen LogP contribution >= 0.6 is 0 Å². The number of carbonyl (C=O) groups is 1. The summed E-state index contributed by atoms with van der Waals surface area (Å²) in [5.74, 6) is -0.570. The highest BCUT2D eigenvalue weighted by atomic mass is 19.1. The van der Waals surface area contributed by atoms with Gasteiger partial charge in [0.1, 0.15) is 5.82 Å². The van der Waals surface area contributed by atoms with Crippen LogP contribution in [0.4, 0.5) is 15.8 Å². The summed E-state index contributed by atoms with van der Waals surface area (Å²) in [7, 11) is 0. The lowest BCUT2D eigenvalue weighted by atomic mass is 10.1. The lowest BCUT2D eigenvalue weighted by Gasteiger charge is -2.22. The van der Waals surface area contributed by atoms with Crippen molar-refractivity contribution in [3.05, 3.63) is 59.9 Å². The number of rotatable bonds is 4. The SMILES string of the molecule is CCN(C(=O)Cc1ccccc1N)c1ccccc1F. The predicted octanol–water partition coefficient (Wildman–Crippen LogP) is 3.00. The first kappa shape index (κ1) is 14.1. The van der Waals surface area contributed by atoms with E-state index in [0.717, 1.165) is 5.56 Å². The average molecular weight is 272 g/mol. The molecule has 0 atom stereocenters. The van der Waals surface area contributed by atoms with Crippen molar-refractivity contribution in [3.8, 4) is 0 Å². The van der Waals surface area contributed by atoms with Crippen LogP contribution in [0, 0.1) is 5.82 Å². The molecule has 0 saturated carbocycles. The zero-order valence-electron chi connectivity index (χ0n) is 11.3. The van der Waals surface area contributed by atoms with Crippen molar-refractivity contribution in [2.75, 3.05) is 17.2 Å². The second-order valence-electron chi connectivity index (χ2n) is 4.46. The number of hydrogen-bond donors (Lipinski definition) is 1. The fourth-order valence-electron chi connectivity index (χ4n) is 2.11. The molecule has 0 heterocycles. The van der Waals surface area contributed by atoms with Crippen LogP contribution in [-0.2, 0) is 11.2 Å². The van der Waals surface area contributed by atoms with E-state index in [4.69, 9.17) is 5.73 Å². The number of nitrogen functional groups attached to an aromatic ring is 1. The number of amides is 1. The molecular formula is C16H17FN2O. The van der Waals surface area contributed by atoms with Gasteiger partial charge in [0.05, 0.1) is 12.1 Å². The van der Waals surface area contributed by atoms with E-state index < -0.39 is 5.82 Å². The van der Waals surface area contributed by atoms with Crippen LogP contribution in [0.1, 0.15) is 12.5 Å². The van der Waals surface area contributed by atoms with Gasteiger partial charge < -0.3 is 10.6 Å². The van der Waals surface area contributed by atoms with Crippen molar-refractivity contribution in [1.29, 1.82) is 0 Å². The summed E-state index contributed by atoms with van der Waals surface area (Å²) in [4.78, 5) is 13.8. The van der Waals surface area contributed by atoms with Gasteiger partial charge in [-0.2, -0.15) is 0 Å². The first-order valence-corrected chi connectivity index (χ1v) is 6.51. The second-order valence-corrected chi connectivity index (χ2v) is 4.46. The Morgan fingerprint density at radius 3 is 2.45 bits per heavy atom. The number of nitrogens with zero attached hydrogens (tertiary/aromatic N) is 1. The van der Waals surface area contributed by atoms with Crippen LogP contribution in [0.5, 0.6) is 0 Å². The molecule has 0 aromatic heterocycles. The normalized spacial score (nSPS) is 10.3. The van der Waals surface area contributed by atoms with Crippen molar-refractivity contribution in [2.24, 2.45) is 0 Å². The molecule has 0 aliphatic rings. The summed E-state index contributed by atoms with van der Waals surface area (Å²) in [6.45, 7) is 2.23. The number of nitrogens with two attached hydrogens (primary N) is 1. The van der Waals surface area contributed by atoms with Crippen molar-refractivity contribution in [1.82, 2.24) is 0 Å². The molecule has 2 aromatic rings. The van der Waals surface area contributed by atoms with E-state index in [1.54, 1.807) is 24.3 Å². The predicted molar refractivity (Wildman–Crippen MR) is 79.0 cm³/mol. The molecule has 2 rings (SSSR count). The van der Waals surface area contributed by atoms with Crippen LogP contribution in [0.3, 0.4) is 0 Å². The third-order valence-corrected chi connectivity index (χ3v) is 3.16. The Hall–Kier alpha value is -2.36. The third kappa shape index (κ3) is 2.96. The molecule has 1 amide bonds. The number of benzene rings is 2. The van der Waals surface area contributed by atoms with Crippen molar-refractivity contribution < 1.29 is 9.18 Å². The minimum absolute atomic E-state index is 0.162. The van der Waals surface area contributed by atoms with Crippen molar-refractivity contribution in [2.45, 2.75) is 13.3 Å². The molecule has 0 bridgehead atoms. The van der Waals surface area contributed by atoms with Gasteiger partial charge in [0, 0.05) is 12.2 Å². The number of carbonyl (C=O) groups excluding carboxylic acids is 1. The van der Waals surface area contributed by atoms with Crippen LogP contribution in [0.15, 0.2) is 48.5 Å². The minimum atomic E-state index is -0.399. The molecule has 3 nitrogen and oxygen atoms in total. The van der Waals surface area contributed by atoms with E-state index in [0.29, 0.717) is 17.9 Å². The molecule has 0 saturated heterocycles. The molecule has 0 aliphatic heterocycles. The maximum absolute atomic E-state index is 13.8. The molecule has 4 heteroatoms. The zero-order valence-corrected chi connectivity index (χ0v) is 11.3. The lowest BCUT2D eigenvalue weighted by Crippen LogP contribution is -2.32. The fraction of sp³-hybridized carbons (Fsp3) is 0.188. The second kappa shape index (κ2) is 6.19. The smallest absolute Gasteiger partial charge is 0.231 e. The highest BCUT2D eigenvalue weighted by Crippen LogP contribution is 2.20. The minimum Gasteiger partial charge on any atom is -0.398 e. The molecular weight excluding hydrogens is 255 g/mol. The molecule has 0 spiro atoms. The maximum atomic E-state index is 13.8. The molecule has 0 radical (unpaired) electrons. The van der Waals surface area contributed by atoms with E-state index in [9.17, 15) is 9.18 Å². The Kier molecular flexibility index (Phi) is 4.35. The summed E-state index contributed by atoms with van der Waals surface area (Å²) in [5.41, 5.74) is 7.47. The summed E-state index contributed by atoms with van der Waals surface area (Å²) >= 11 is 0. The first-order chi connectivity index (χ1) is 9.63. The third-order valence-electron chi connectivity index (χ3n) is 3.16. The highest BCUT2D eigenvalue weighted by molar-refractivity contribution is 5.95. The summed E-state index contributed by atoms with van der Waals surface area (Å²) in [5, 5.41) is 0. The first-order valence-electron chi connectivity index (χ1n) is 6.51. The Morgan fingerprint density at radius 1 is 1.15 bits per heavy atom. The lowest BCUT2D eigenvalue weighted by molar-refractivity contribution is -0.118. The zero-order chi connectivity index (χ0) is 14.5. The number of anilines is 2. The largest absolute Gasteiger partial charge is 0.398 e. The van der Waals surface area contributed by atoms with E-state index >= 15 is 0 Å². The van der Waals surface area contributed by atoms with E-state index in [1.807, 2.05) is 25.1 Å². The molecule has 0 fully saturated rings. The van der Waals surface area contributed by atoms with E-state index in [-0.39, 0.29) is 12.3 Å². The highest BCUT2D eigenvalue weighted by Gasteiger charge is 2.18. The summed E-state index contributed by atoms with van der Waals surface area (Å²) in [6, 6.07) is 13.5. The molecule has 104 valence electrons. The van der Waals surface area contributed by atoms with Gasteiger partial charge in [-0.3, -0.25) is 4.79 Å². The Bertz CT molecular complexity index is 613. The standard InChI is InChI=1S/C16H17FN2O/c1-2-19(15-10-6-4-8-13(15)17)16(20)11-12-7-3-5-9-14(12)18/h3-10H,2,11,18H2,1H3. The van der Waals surface area contributed by atoms with Gasteiger partial charge in [-0.15, -0.1) is 0 Å². The summed E-state index contributed by atoms with van der Waals surface area (Å²) in [6.07, 6.45) is 0.162. The molecule has 2 N–H and O–H groups in total. The molecule has 20 heavy (non-hydrogen) atoms. The van der Waals surface area contributed by atoms with E-state index in [2.05, 4.69) is 0 Å². The van der Waals surface area contributed by atoms with Crippen LogP contribution in [0.25, 0.3) is 0 Å². The van der Waals surface area contributed by atoms with Crippen molar-refractivity contribution >= 4 is 17.3 Å². The van der Waals surface area contributed by atoms with Gasteiger partial charge in [-0.25, -0.2) is 4.39 Å². The number of likely N-dealkylation sites (N-methyl/N-ethyl adjacent to an activating group) is 1. The quantitative estimate of drug-likeness (QED) is 0.870. The number of halogens is 1. The fourth-order valence-corrected chi connectivity index (χ4v) is 2.11. The molecule has 0 aliphatic carbocycles. The van der Waals surface area contributed by atoms with Gasteiger partial charge in [0.25, 0.3) is 0 Å². The molecule has 2 aromatic carbocycles. The van der Waals surface area contributed by atoms with Crippen LogP contribution in [-0.4, -0.2) is 12.5 Å². The monoisotopic (exact) mass is 272 g/mol. The van der Waals surface area contributed by atoms with Crippen LogP contribution in [0.2, 0.25) is 0 Å². The number of hydrogen-bond acceptors (Lipinski definition) is 2. The van der Waals surface area contributed by atoms with E-state index in [1.165, 1.54) is 11.0 Å².